The molecule has 0 radical (unpaired) electrons. The summed E-state index contributed by atoms with van der Waals surface area (Å²) in [5.74, 6) is -0.378. The molecule has 0 bridgehead atoms. The van der Waals surface area contributed by atoms with Gasteiger partial charge in [-0.1, -0.05) is 54.1 Å². The van der Waals surface area contributed by atoms with E-state index in [4.69, 9.17) is 16.3 Å². The van der Waals surface area contributed by atoms with Crippen LogP contribution in [-0.2, 0) is 11.2 Å². The van der Waals surface area contributed by atoms with E-state index in [1.807, 2.05) is 30.3 Å². The Kier molecular flexibility index (Phi) is 4.37. The molecule has 2 rings (SSSR count). The second-order valence-electron chi connectivity index (χ2n) is 3.85. The third-order valence-electron chi connectivity index (χ3n) is 2.56. The number of benzene rings is 2. The lowest BCUT2D eigenvalue weighted by atomic mass is 10.2. The van der Waals surface area contributed by atoms with Gasteiger partial charge >= 0.3 is 5.97 Å². The molecule has 0 heterocycles. The van der Waals surface area contributed by atoms with Gasteiger partial charge in [-0.05, 0) is 17.7 Å². The molecule has 92 valence electrons. The van der Waals surface area contributed by atoms with Gasteiger partial charge in [-0.25, -0.2) is 4.79 Å². The summed E-state index contributed by atoms with van der Waals surface area (Å²) in [6.07, 6.45) is 0.705. The van der Waals surface area contributed by atoms with Crippen LogP contribution in [0.2, 0.25) is 5.02 Å². The van der Waals surface area contributed by atoms with Crippen LogP contribution >= 0.6 is 11.6 Å². The van der Waals surface area contributed by atoms with Crippen LogP contribution in [0.15, 0.2) is 54.6 Å². The maximum atomic E-state index is 11.7. The molecule has 0 saturated carbocycles. The first-order valence-corrected chi connectivity index (χ1v) is 6.11. The second kappa shape index (κ2) is 6.22. The normalized spacial score (nSPS) is 10.1. The van der Waals surface area contributed by atoms with E-state index in [9.17, 15) is 4.79 Å². The molecular weight excluding hydrogens is 248 g/mol. The first kappa shape index (κ1) is 12.7. The van der Waals surface area contributed by atoms with Gasteiger partial charge in [-0.3, -0.25) is 0 Å². The molecule has 0 unspecified atom stereocenters. The molecule has 0 aliphatic carbocycles. The second-order valence-corrected chi connectivity index (χ2v) is 4.26. The largest absolute Gasteiger partial charge is 0.462 e. The minimum Gasteiger partial charge on any atom is -0.462 e. The van der Waals surface area contributed by atoms with Crippen LogP contribution in [0.5, 0.6) is 0 Å². The molecule has 2 nitrogen and oxygen atoms in total. The molecule has 0 N–H and O–H groups in total. The number of esters is 1. The van der Waals surface area contributed by atoms with E-state index < -0.39 is 0 Å². The van der Waals surface area contributed by atoms with E-state index in [1.165, 1.54) is 0 Å². The number of hydrogen-bond donors (Lipinski definition) is 0. The lowest BCUT2D eigenvalue weighted by Gasteiger charge is -2.06. The Hall–Kier alpha value is -1.80. The third kappa shape index (κ3) is 3.34. The van der Waals surface area contributed by atoms with Crippen molar-refractivity contribution in [3.05, 3.63) is 70.7 Å². The van der Waals surface area contributed by atoms with Gasteiger partial charge in [0.2, 0.25) is 0 Å². The first-order valence-electron chi connectivity index (χ1n) is 5.73. The van der Waals surface area contributed by atoms with Crippen LogP contribution < -0.4 is 0 Å². The minimum absolute atomic E-state index is 0.355. The third-order valence-corrected chi connectivity index (χ3v) is 2.89. The van der Waals surface area contributed by atoms with E-state index in [0.29, 0.717) is 23.6 Å². The Bertz CT molecular complexity index is 523. The molecule has 0 spiro atoms. The smallest absolute Gasteiger partial charge is 0.339 e. The SMILES string of the molecule is O=C(OCCc1ccccc1)c1ccccc1Cl. The molecular formula is C15H13ClO2. The summed E-state index contributed by atoms with van der Waals surface area (Å²) in [5.41, 5.74) is 1.55. The highest BCUT2D eigenvalue weighted by atomic mass is 35.5. The maximum absolute atomic E-state index is 11.7. The molecule has 3 heteroatoms. The topological polar surface area (TPSA) is 26.3 Å². The van der Waals surface area contributed by atoms with Gasteiger partial charge in [0.25, 0.3) is 0 Å². The number of carbonyl (C=O) groups is 1. The molecule has 2 aromatic carbocycles. The van der Waals surface area contributed by atoms with Crippen molar-refractivity contribution in [3.63, 3.8) is 0 Å². The van der Waals surface area contributed by atoms with Crippen LogP contribution in [-0.4, -0.2) is 12.6 Å². The van der Waals surface area contributed by atoms with Gasteiger partial charge in [0, 0.05) is 6.42 Å². The molecule has 2 aromatic rings. The van der Waals surface area contributed by atoms with Crippen molar-refractivity contribution in [2.75, 3.05) is 6.61 Å². The quantitative estimate of drug-likeness (QED) is 0.783. The Labute approximate surface area is 111 Å². The van der Waals surface area contributed by atoms with E-state index in [0.717, 1.165) is 5.56 Å². The summed E-state index contributed by atoms with van der Waals surface area (Å²) in [7, 11) is 0. The van der Waals surface area contributed by atoms with Crippen molar-refractivity contribution in [2.45, 2.75) is 6.42 Å². The number of hydrogen-bond acceptors (Lipinski definition) is 2. The number of ether oxygens (including phenoxy) is 1. The predicted octanol–water partition coefficient (Wildman–Crippen LogP) is 3.74. The molecule has 0 amide bonds. The molecule has 0 saturated heterocycles. The van der Waals surface area contributed by atoms with E-state index >= 15 is 0 Å². The Morgan fingerprint density at radius 2 is 1.67 bits per heavy atom. The predicted molar refractivity (Wildman–Crippen MR) is 71.9 cm³/mol. The van der Waals surface area contributed by atoms with Crippen molar-refractivity contribution < 1.29 is 9.53 Å². The molecule has 0 fully saturated rings. The average Bonchev–Trinajstić information content (AvgIpc) is 2.40. The van der Waals surface area contributed by atoms with Crippen molar-refractivity contribution >= 4 is 17.6 Å². The maximum Gasteiger partial charge on any atom is 0.339 e. The van der Waals surface area contributed by atoms with Crippen LogP contribution in [0.3, 0.4) is 0 Å². The van der Waals surface area contributed by atoms with Gasteiger partial charge < -0.3 is 4.74 Å². The Morgan fingerprint density at radius 1 is 1.00 bits per heavy atom. The highest BCUT2D eigenvalue weighted by molar-refractivity contribution is 6.33. The number of carbonyl (C=O) groups excluding carboxylic acids is 1. The molecule has 0 atom stereocenters. The lowest BCUT2D eigenvalue weighted by molar-refractivity contribution is 0.0509. The van der Waals surface area contributed by atoms with Gasteiger partial charge in [0.15, 0.2) is 0 Å². The zero-order chi connectivity index (χ0) is 12.8. The average molecular weight is 261 g/mol. The van der Waals surface area contributed by atoms with Crippen LogP contribution in [0.4, 0.5) is 0 Å². The van der Waals surface area contributed by atoms with Crippen LogP contribution in [0.1, 0.15) is 15.9 Å². The number of halogens is 1. The highest BCUT2D eigenvalue weighted by Gasteiger charge is 2.10. The standard InChI is InChI=1S/C15H13ClO2/c16-14-9-5-4-8-13(14)15(17)18-11-10-12-6-2-1-3-7-12/h1-9H,10-11H2. The molecule has 0 aromatic heterocycles. The summed E-state index contributed by atoms with van der Waals surface area (Å²) in [6, 6.07) is 16.8. The van der Waals surface area contributed by atoms with E-state index in [1.54, 1.807) is 24.3 Å². The zero-order valence-corrected chi connectivity index (χ0v) is 10.6. The summed E-state index contributed by atoms with van der Waals surface area (Å²) in [4.78, 5) is 11.7. The van der Waals surface area contributed by atoms with Gasteiger partial charge in [0.1, 0.15) is 0 Å². The first-order chi connectivity index (χ1) is 8.77. The zero-order valence-electron chi connectivity index (χ0n) is 9.80. The van der Waals surface area contributed by atoms with Crippen molar-refractivity contribution in [1.82, 2.24) is 0 Å². The monoisotopic (exact) mass is 260 g/mol. The molecule has 0 aliphatic heterocycles. The summed E-state index contributed by atoms with van der Waals surface area (Å²) >= 11 is 5.91. The Morgan fingerprint density at radius 3 is 2.39 bits per heavy atom. The molecule has 0 aliphatic rings. The lowest BCUT2D eigenvalue weighted by Crippen LogP contribution is -2.08. The van der Waals surface area contributed by atoms with Crippen molar-refractivity contribution in [1.29, 1.82) is 0 Å². The van der Waals surface area contributed by atoms with Crippen LogP contribution in [0.25, 0.3) is 0 Å². The fourth-order valence-corrected chi connectivity index (χ4v) is 1.82. The fourth-order valence-electron chi connectivity index (χ4n) is 1.61. The minimum atomic E-state index is -0.378. The van der Waals surface area contributed by atoms with Gasteiger partial charge in [-0.2, -0.15) is 0 Å². The fraction of sp³-hybridized carbons (Fsp3) is 0.133. The van der Waals surface area contributed by atoms with Crippen LogP contribution in [0, 0.1) is 0 Å². The number of rotatable bonds is 4. The van der Waals surface area contributed by atoms with Crippen molar-refractivity contribution in [2.24, 2.45) is 0 Å². The Balaban J connectivity index is 1.88. The highest BCUT2D eigenvalue weighted by Crippen LogP contribution is 2.15. The van der Waals surface area contributed by atoms with Gasteiger partial charge in [-0.15, -0.1) is 0 Å². The van der Waals surface area contributed by atoms with E-state index in [-0.39, 0.29) is 5.97 Å². The van der Waals surface area contributed by atoms with Crippen molar-refractivity contribution in [3.8, 4) is 0 Å². The molecule has 18 heavy (non-hydrogen) atoms. The van der Waals surface area contributed by atoms with E-state index in [2.05, 4.69) is 0 Å². The summed E-state index contributed by atoms with van der Waals surface area (Å²) in [6.45, 7) is 0.355. The van der Waals surface area contributed by atoms with Gasteiger partial charge in [0.05, 0.1) is 17.2 Å². The summed E-state index contributed by atoms with van der Waals surface area (Å²) in [5, 5.41) is 0.419. The summed E-state index contributed by atoms with van der Waals surface area (Å²) < 4.78 is 5.19.